The van der Waals surface area contributed by atoms with Crippen molar-refractivity contribution < 1.29 is 31.7 Å². The van der Waals surface area contributed by atoms with Crippen molar-refractivity contribution in [3.05, 3.63) is 88.5 Å². The van der Waals surface area contributed by atoms with Gasteiger partial charge in [0.05, 0.1) is 17.8 Å². The SMILES string of the molecule is COc1cc(/C=C2\C(=O)NC(=O)N(c3ccccc3)C2=O)cc(Cl)c1OS(=O)(=O)c1ccc(C)cc1. The first-order chi connectivity index (χ1) is 17.1. The van der Waals surface area contributed by atoms with Crippen LogP contribution in [0.3, 0.4) is 0 Å². The molecular weight excluding hydrogens is 508 g/mol. The Morgan fingerprint density at radius 1 is 0.972 bits per heavy atom. The van der Waals surface area contributed by atoms with Crippen LogP contribution in [0, 0.1) is 6.92 Å². The molecule has 1 aliphatic rings. The summed E-state index contributed by atoms with van der Waals surface area (Å²) >= 11 is 6.32. The van der Waals surface area contributed by atoms with Gasteiger partial charge in [0.25, 0.3) is 11.8 Å². The third-order valence-corrected chi connectivity index (χ3v) is 6.70. The molecule has 1 aliphatic heterocycles. The molecule has 0 spiro atoms. The minimum atomic E-state index is -4.23. The number of amides is 4. The van der Waals surface area contributed by atoms with Gasteiger partial charge >= 0.3 is 16.1 Å². The number of hydrogen-bond donors (Lipinski definition) is 1. The smallest absolute Gasteiger partial charge is 0.339 e. The van der Waals surface area contributed by atoms with Gasteiger partial charge in [-0.1, -0.05) is 47.5 Å². The highest BCUT2D eigenvalue weighted by atomic mass is 35.5. The molecule has 11 heteroatoms. The van der Waals surface area contributed by atoms with Gasteiger partial charge in [-0.05, 0) is 55.0 Å². The number of urea groups is 1. The highest BCUT2D eigenvalue weighted by Gasteiger charge is 2.36. The monoisotopic (exact) mass is 526 g/mol. The highest BCUT2D eigenvalue weighted by Crippen LogP contribution is 2.39. The predicted octanol–water partition coefficient (Wildman–Crippen LogP) is 4.09. The standard InChI is InChI=1S/C25H19ClN2O7S/c1-15-8-10-18(11-9-15)36(32,33)35-22-20(26)13-16(14-21(22)34-2)12-19-23(29)27-25(31)28(24(19)30)17-6-4-3-5-7-17/h3-14H,1-2H3,(H,27,29,31)/b19-12+. The van der Waals surface area contributed by atoms with Crippen molar-refractivity contribution in [3.8, 4) is 11.5 Å². The van der Waals surface area contributed by atoms with Crippen LogP contribution in [-0.2, 0) is 19.7 Å². The van der Waals surface area contributed by atoms with E-state index in [-0.39, 0.29) is 38.2 Å². The van der Waals surface area contributed by atoms with Crippen molar-refractivity contribution >= 4 is 51.3 Å². The first-order valence-corrected chi connectivity index (χ1v) is 12.2. The summed E-state index contributed by atoms with van der Waals surface area (Å²) in [6.07, 6.45) is 1.21. The maximum atomic E-state index is 13.0. The zero-order valence-corrected chi connectivity index (χ0v) is 20.6. The Labute approximate surface area is 212 Å². The molecule has 0 saturated carbocycles. The molecule has 0 radical (unpaired) electrons. The molecule has 0 aliphatic carbocycles. The van der Waals surface area contributed by atoms with E-state index in [9.17, 15) is 22.8 Å². The van der Waals surface area contributed by atoms with Crippen molar-refractivity contribution in [3.63, 3.8) is 0 Å². The van der Waals surface area contributed by atoms with Crippen molar-refractivity contribution in [2.24, 2.45) is 0 Å². The van der Waals surface area contributed by atoms with E-state index < -0.39 is 28.0 Å². The van der Waals surface area contributed by atoms with Gasteiger partial charge in [-0.3, -0.25) is 14.9 Å². The van der Waals surface area contributed by atoms with E-state index in [1.165, 1.54) is 37.5 Å². The quantitative estimate of drug-likeness (QED) is 0.292. The second kappa shape index (κ2) is 9.84. The van der Waals surface area contributed by atoms with Crippen LogP contribution >= 0.6 is 11.6 Å². The summed E-state index contributed by atoms with van der Waals surface area (Å²) in [7, 11) is -2.95. The zero-order chi connectivity index (χ0) is 26.0. The third-order valence-electron chi connectivity index (χ3n) is 5.18. The average Bonchev–Trinajstić information content (AvgIpc) is 2.84. The van der Waals surface area contributed by atoms with Crippen molar-refractivity contribution in [2.75, 3.05) is 12.0 Å². The van der Waals surface area contributed by atoms with Crippen molar-refractivity contribution in [1.29, 1.82) is 0 Å². The number of imide groups is 2. The lowest BCUT2D eigenvalue weighted by Gasteiger charge is -2.26. The van der Waals surface area contributed by atoms with Crippen LogP contribution in [0.15, 0.2) is 77.2 Å². The van der Waals surface area contributed by atoms with E-state index in [0.717, 1.165) is 10.5 Å². The summed E-state index contributed by atoms with van der Waals surface area (Å²) in [4.78, 5) is 38.6. The highest BCUT2D eigenvalue weighted by molar-refractivity contribution is 7.87. The summed E-state index contributed by atoms with van der Waals surface area (Å²) in [6, 6.07) is 15.9. The number of carbonyl (C=O) groups is 3. The van der Waals surface area contributed by atoms with Crippen LogP contribution in [-0.4, -0.2) is 33.4 Å². The second-order valence-corrected chi connectivity index (χ2v) is 9.63. The van der Waals surface area contributed by atoms with Gasteiger partial charge in [0.1, 0.15) is 10.5 Å². The molecule has 0 unspecified atom stereocenters. The van der Waals surface area contributed by atoms with Crippen LogP contribution in [0.25, 0.3) is 6.08 Å². The van der Waals surface area contributed by atoms with Crippen LogP contribution in [0.4, 0.5) is 10.5 Å². The summed E-state index contributed by atoms with van der Waals surface area (Å²) in [6.45, 7) is 1.82. The number of rotatable bonds is 6. The largest absolute Gasteiger partial charge is 0.493 e. The lowest BCUT2D eigenvalue weighted by Crippen LogP contribution is -2.54. The molecule has 3 aromatic carbocycles. The number of para-hydroxylation sites is 1. The number of benzene rings is 3. The fourth-order valence-corrected chi connectivity index (χ4v) is 4.66. The minimum Gasteiger partial charge on any atom is -0.493 e. The zero-order valence-electron chi connectivity index (χ0n) is 19.0. The minimum absolute atomic E-state index is 0.0512. The Morgan fingerprint density at radius 3 is 2.28 bits per heavy atom. The van der Waals surface area contributed by atoms with Gasteiger partial charge in [0, 0.05) is 0 Å². The van der Waals surface area contributed by atoms with Gasteiger partial charge in [-0.15, -0.1) is 0 Å². The van der Waals surface area contributed by atoms with Crippen LogP contribution in [0.5, 0.6) is 11.5 Å². The first kappa shape index (κ1) is 25.0. The average molecular weight is 527 g/mol. The molecule has 0 atom stereocenters. The van der Waals surface area contributed by atoms with Gasteiger partial charge in [-0.25, -0.2) is 9.69 Å². The molecule has 1 saturated heterocycles. The Hall–Kier alpha value is -4.15. The fraction of sp³-hybridized carbons (Fsp3) is 0.0800. The Kier molecular flexibility index (Phi) is 6.82. The molecule has 4 amide bonds. The number of nitrogens with zero attached hydrogens (tertiary/aromatic N) is 1. The maximum absolute atomic E-state index is 13.0. The number of nitrogens with one attached hydrogen (secondary N) is 1. The molecular formula is C25H19ClN2O7S. The lowest BCUT2D eigenvalue weighted by molar-refractivity contribution is -0.122. The van der Waals surface area contributed by atoms with Crippen molar-refractivity contribution in [2.45, 2.75) is 11.8 Å². The van der Waals surface area contributed by atoms with Gasteiger partial charge in [0.15, 0.2) is 5.75 Å². The van der Waals surface area contributed by atoms with E-state index in [1.54, 1.807) is 42.5 Å². The van der Waals surface area contributed by atoms with Crippen LogP contribution in [0.2, 0.25) is 5.02 Å². The van der Waals surface area contributed by atoms with Gasteiger partial charge in [0.2, 0.25) is 5.75 Å². The number of anilines is 1. The number of ether oxygens (including phenoxy) is 1. The summed E-state index contributed by atoms with van der Waals surface area (Å²) in [5, 5.41) is 1.98. The Morgan fingerprint density at radius 2 is 1.64 bits per heavy atom. The first-order valence-electron chi connectivity index (χ1n) is 10.5. The van der Waals surface area contributed by atoms with E-state index in [1.807, 2.05) is 6.92 Å². The van der Waals surface area contributed by atoms with E-state index >= 15 is 0 Å². The van der Waals surface area contributed by atoms with E-state index in [2.05, 4.69) is 5.32 Å². The number of methoxy groups -OCH3 is 1. The predicted molar refractivity (Wildman–Crippen MR) is 132 cm³/mol. The Bertz CT molecular complexity index is 1500. The molecule has 1 heterocycles. The number of carbonyl (C=O) groups excluding carboxylic acids is 3. The van der Waals surface area contributed by atoms with Gasteiger partial charge < -0.3 is 8.92 Å². The summed E-state index contributed by atoms with van der Waals surface area (Å²) in [5.74, 6) is -2.05. The normalized spacial score (nSPS) is 15.1. The molecule has 184 valence electrons. The Balaban J connectivity index is 1.70. The molecule has 0 bridgehead atoms. The lowest BCUT2D eigenvalue weighted by atomic mass is 10.1. The molecule has 0 aromatic heterocycles. The van der Waals surface area contributed by atoms with Crippen LogP contribution in [0.1, 0.15) is 11.1 Å². The maximum Gasteiger partial charge on any atom is 0.339 e. The molecule has 1 fully saturated rings. The third kappa shape index (κ3) is 4.95. The fourth-order valence-electron chi connectivity index (χ4n) is 3.40. The van der Waals surface area contributed by atoms with E-state index in [4.69, 9.17) is 20.5 Å². The van der Waals surface area contributed by atoms with Crippen molar-refractivity contribution in [1.82, 2.24) is 5.32 Å². The van der Waals surface area contributed by atoms with Gasteiger partial charge in [-0.2, -0.15) is 8.42 Å². The molecule has 3 aromatic rings. The second-order valence-electron chi connectivity index (χ2n) is 7.68. The van der Waals surface area contributed by atoms with E-state index in [0.29, 0.717) is 0 Å². The molecule has 9 nitrogen and oxygen atoms in total. The number of hydrogen-bond acceptors (Lipinski definition) is 7. The molecule has 1 N–H and O–H groups in total. The topological polar surface area (TPSA) is 119 Å². The van der Waals surface area contributed by atoms with Crippen LogP contribution < -0.4 is 19.1 Å². The summed E-state index contributed by atoms with van der Waals surface area (Å²) < 4.78 is 36.0. The molecule has 36 heavy (non-hydrogen) atoms. The number of halogens is 1. The number of barbiturate groups is 1. The molecule has 4 rings (SSSR count). The summed E-state index contributed by atoms with van der Waals surface area (Å²) in [5.41, 5.74) is 1.05. The number of aryl methyl sites for hydroxylation is 1.